The molecule has 1 heterocycles. The van der Waals surface area contributed by atoms with Gasteiger partial charge in [0.15, 0.2) is 5.75 Å². The summed E-state index contributed by atoms with van der Waals surface area (Å²) in [5.41, 5.74) is 2.96. The van der Waals surface area contributed by atoms with Gasteiger partial charge in [0.2, 0.25) is 0 Å². The predicted octanol–water partition coefficient (Wildman–Crippen LogP) is 4.43. The van der Waals surface area contributed by atoms with Crippen molar-refractivity contribution in [1.82, 2.24) is 4.98 Å². The quantitative estimate of drug-likeness (QED) is 0.893. The topological polar surface area (TPSA) is 34.1 Å². The number of ether oxygens (including phenoxy) is 1. The number of hydrogen-bond donors (Lipinski definition) is 1. The summed E-state index contributed by atoms with van der Waals surface area (Å²) in [6.07, 6.45) is 1.86. The first-order valence-corrected chi connectivity index (χ1v) is 6.95. The molecule has 1 aromatic carbocycles. The van der Waals surface area contributed by atoms with E-state index >= 15 is 0 Å². The fourth-order valence-corrected chi connectivity index (χ4v) is 2.67. The van der Waals surface area contributed by atoms with Crippen LogP contribution in [0.4, 0.5) is 5.69 Å². The highest BCUT2D eigenvalue weighted by molar-refractivity contribution is 9.10. The SMILES string of the molecule is COc1c(Br)cc(Cl)cc1NCc1ccc(C)nc1. The molecule has 0 aliphatic carbocycles. The van der Waals surface area contributed by atoms with Crippen LogP contribution in [0.5, 0.6) is 5.75 Å². The van der Waals surface area contributed by atoms with Crippen molar-refractivity contribution < 1.29 is 4.74 Å². The Bertz CT molecular complexity index is 572. The van der Waals surface area contributed by atoms with E-state index in [0.29, 0.717) is 11.6 Å². The third kappa shape index (κ3) is 3.61. The fourth-order valence-electron chi connectivity index (χ4n) is 1.70. The first-order chi connectivity index (χ1) is 9.10. The highest BCUT2D eigenvalue weighted by Gasteiger charge is 2.09. The van der Waals surface area contributed by atoms with Gasteiger partial charge in [-0.2, -0.15) is 0 Å². The van der Waals surface area contributed by atoms with Crippen LogP contribution in [0.15, 0.2) is 34.9 Å². The second-order valence-corrected chi connectivity index (χ2v) is 5.42. The predicted molar refractivity (Wildman–Crippen MR) is 82.0 cm³/mol. The van der Waals surface area contributed by atoms with Gasteiger partial charge in [-0.15, -0.1) is 0 Å². The van der Waals surface area contributed by atoms with E-state index in [1.807, 2.05) is 31.3 Å². The summed E-state index contributed by atoms with van der Waals surface area (Å²) < 4.78 is 6.18. The van der Waals surface area contributed by atoms with Crippen LogP contribution >= 0.6 is 27.5 Å². The third-order valence-corrected chi connectivity index (χ3v) is 3.48. The standard InChI is InChI=1S/C14H14BrClN2O/c1-9-3-4-10(7-17-9)8-18-13-6-11(16)5-12(15)14(13)19-2/h3-7,18H,8H2,1-2H3. The first-order valence-electron chi connectivity index (χ1n) is 5.78. The van der Waals surface area contributed by atoms with Crippen LogP contribution in [0.25, 0.3) is 0 Å². The number of rotatable bonds is 4. The molecule has 0 amide bonds. The Kier molecular flexibility index (Phi) is 4.66. The Balaban J connectivity index is 2.17. The van der Waals surface area contributed by atoms with Crippen molar-refractivity contribution in [2.45, 2.75) is 13.5 Å². The number of nitrogens with zero attached hydrogens (tertiary/aromatic N) is 1. The molecule has 1 aromatic heterocycles. The largest absolute Gasteiger partial charge is 0.493 e. The van der Waals surface area contributed by atoms with Crippen molar-refractivity contribution in [3.8, 4) is 5.75 Å². The Morgan fingerprint density at radius 3 is 2.79 bits per heavy atom. The summed E-state index contributed by atoms with van der Waals surface area (Å²) in [5, 5.41) is 3.95. The maximum atomic E-state index is 6.04. The number of pyridine rings is 1. The van der Waals surface area contributed by atoms with E-state index in [2.05, 4.69) is 26.2 Å². The lowest BCUT2D eigenvalue weighted by atomic mass is 10.2. The first kappa shape index (κ1) is 14.2. The van der Waals surface area contributed by atoms with Gasteiger partial charge in [0.05, 0.1) is 17.3 Å². The Hall–Kier alpha value is -1.26. The Morgan fingerprint density at radius 2 is 2.16 bits per heavy atom. The van der Waals surface area contributed by atoms with Crippen LogP contribution in [0.1, 0.15) is 11.3 Å². The lowest BCUT2D eigenvalue weighted by Gasteiger charge is -2.13. The molecule has 0 saturated carbocycles. The fraction of sp³-hybridized carbons (Fsp3) is 0.214. The molecule has 5 heteroatoms. The molecule has 0 fully saturated rings. The van der Waals surface area contributed by atoms with Gasteiger partial charge in [0.1, 0.15) is 0 Å². The van der Waals surface area contributed by atoms with E-state index in [9.17, 15) is 0 Å². The molecule has 2 aromatic rings. The van der Waals surface area contributed by atoms with E-state index in [4.69, 9.17) is 16.3 Å². The number of nitrogens with one attached hydrogen (secondary N) is 1. The van der Waals surface area contributed by atoms with E-state index in [0.717, 1.165) is 27.2 Å². The van der Waals surface area contributed by atoms with Crippen LogP contribution < -0.4 is 10.1 Å². The molecule has 19 heavy (non-hydrogen) atoms. The molecule has 100 valence electrons. The van der Waals surface area contributed by atoms with Crippen molar-refractivity contribution in [2.75, 3.05) is 12.4 Å². The smallest absolute Gasteiger partial charge is 0.156 e. The molecular weight excluding hydrogens is 328 g/mol. The van der Waals surface area contributed by atoms with E-state index < -0.39 is 0 Å². The minimum Gasteiger partial charge on any atom is -0.493 e. The molecule has 3 nitrogen and oxygen atoms in total. The zero-order valence-electron chi connectivity index (χ0n) is 10.7. The number of aromatic nitrogens is 1. The lowest BCUT2D eigenvalue weighted by Crippen LogP contribution is -2.02. The van der Waals surface area contributed by atoms with Gasteiger partial charge >= 0.3 is 0 Å². The van der Waals surface area contributed by atoms with Gasteiger partial charge < -0.3 is 10.1 Å². The van der Waals surface area contributed by atoms with Crippen molar-refractivity contribution in [3.63, 3.8) is 0 Å². The second-order valence-electron chi connectivity index (χ2n) is 4.13. The van der Waals surface area contributed by atoms with Crippen molar-refractivity contribution in [3.05, 3.63) is 51.2 Å². The number of aryl methyl sites for hydroxylation is 1. The van der Waals surface area contributed by atoms with Gasteiger partial charge in [-0.1, -0.05) is 17.7 Å². The molecule has 1 N–H and O–H groups in total. The molecular formula is C14H14BrClN2O. The number of anilines is 1. The molecule has 0 aliphatic heterocycles. The van der Waals surface area contributed by atoms with E-state index in [1.54, 1.807) is 13.2 Å². The van der Waals surface area contributed by atoms with Gasteiger partial charge in [-0.3, -0.25) is 4.98 Å². The number of hydrogen-bond acceptors (Lipinski definition) is 3. The third-order valence-electron chi connectivity index (χ3n) is 2.67. The summed E-state index contributed by atoms with van der Waals surface area (Å²) in [7, 11) is 1.63. The van der Waals surface area contributed by atoms with Crippen molar-refractivity contribution in [2.24, 2.45) is 0 Å². The maximum Gasteiger partial charge on any atom is 0.156 e. The van der Waals surface area contributed by atoms with Crippen molar-refractivity contribution >= 4 is 33.2 Å². The molecule has 0 aliphatic rings. The summed E-state index contributed by atoms with van der Waals surface area (Å²) in [5.74, 6) is 0.740. The normalized spacial score (nSPS) is 10.3. The average molecular weight is 342 g/mol. The van der Waals surface area contributed by atoms with Crippen molar-refractivity contribution in [1.29, 1.82) is 0 Å². The molecule has 2 rings (SSSR count). The number of methoxy groups -OCH3 is 1. The molecule has 0 saturated heterocycles. The molecule has 0 spiro atoms. The van der Waals surface area contributed by atoms with Gasteiger partial charge in [-0.25, -0.2) is 0 Å². The summed E-state index contributed by atoms with van der Waals surface area (Å²) in [6, 6.07) is 7.68. The summed E-state index contributed by atoms with van der Waals surface area (Å²) in [6.45, 7) is 2.63. The minimum atomic E-state index is 0.650. The van der Waals surface area contributed by atoms with Gasteiger partial charge in [0, 0.05) is 23.5 Å². The highest BCUT2D eigenvalue weighted by atomic mass is 79.9. The zero-order chi connectivity index (χ0) is 13.8. The Morgan fingerprint density at radius 1 is 1.37 bits per heavy atom. The maximum absolute atomic E-state index is 6.04. The lowest BCUT2D eigenvalue weighted by molar-refractivity contribution is 0.414. The average Bonchev–Trinajstić information content (AvgIpc) is 2.37. The summed E-state index contributed by atoms with van der Waals surface area (Å²) in [4.78, 5) is 4.26. The molecule has 0 unspecified atom stereocenters. The van der Waals surface area contributed by atoms with Crippen LogP contribution in [0.3, 0.4) is 0 Å². The van der Waals surface area contributed by atoms with Gasteiger partial charge in [-0.05, 0) is 46.6 Å². The van der Waals surface area contributed by atoms with Crippen LogP contribution in [0.2, 0.25) is 5.02 Å². The molecule has 0 radical (unpaired) electrons. The van der Waals surface area contributed by atoms with E-state index in [1.165, 1.54) is 0 Å². The number of benzene rings is 1. The number of halogens is 2. The van der Waals surface area contributed by atoms with Crippen LogP contribution in [0, 0.1) is 6.92 Å². The van der Waals surface area contributed by atoms with E-state index in [-0.39, 0.29) is 0 Å². The zero-order valence-corrected chi connectivity index (χ0v) is 13.0. The summed E-state index contributed by atoms with van der Waals surface area (Å²) >= 11 is 9.48. The monoisotopic (exact) mass is 340 g/mol. The highest BCUT2D eigenvalue weighted by Crippen LogP contribution is 2.36. The molecule has 0 bridgehead atoms. The molecule has 0 atom stereocenters. The Labute approximate surface area is 126 Å². The van der Waals surface area contributed by atoms with Crippen LogP contribution in [-0.4, -0.2) is 12.1 Å². The second kappa shape index (κ2) is 6.26. The van der Waals surface area contributed by atoms with Crippen LogP contribution in [-0.2, 0) is 6.54 Å². The minimum absolute atomic E-state index is 0.650. The van der Waals surface area contributed by atoms with Gasteiger partial charge in [0.25, 0.3) is 0 Å².